The number of hydrogen-bond acceptors (Lipinski definition) is 7. The second kappa shape index (κ2) is 24.6. The van der Waals surface area contributed by atoms with E-state index in [4.69, 9.17) is 27.8 Å². The van der Waals surface area contributed by atoms with Crippen molar-refractivity contribution in [1.82, 2.24) is 0 Å². The first kappa shape index (κ1) is 54.7. The third-order valence-corrected chi connectivity index (χ3v) is 24.2. The second-order valence-electron chi connectivity index (χ2n) is 22.0. The normalized spacial score (nSPS) is 26.0. The smallest absolute Gasteiger partial charge is 0.193 e. The van der Waals surface area contributed by atoms with Gasteiger partial charge in [0.2, 0.25) is 0 Å². The van der Waals surface area contributed by atoms with Gasteiger partial charge in [-0.15, -0.1) is 0 Å². The van der Waals surface area contributed by atoms with Gasteiger partial charge in [-0.1, -0.05) is 209 Å². The van der Waals surface area contributed by atoms with Crippen molar-refractivity contribution in [3.8, 4) is 0 Å². The van der Waals surface area contributed by atoms with Gasteiger partial charge in [-0.05, 0) is 76.8 Å². The van der Waals surface area contributed by atoms with Crippen LogP contribution >= 0.6 is 0 Å². The highest BCUT2D eigenvalue weighted by molar-refractivity contribution is 6.74. The number of hydrogen-bond donors (Lipinski definition) is 1. The van der Waals surface area contributed by atoms with E-state index in [-0.39, 0.29) is 58.4 Å². The molecule has 7 nitrogen and oxygen atoms in total. The van der Waals surface area contributed by atoms with E-state index >= 15 is 0 Å². The van der Waals surface area contributed by atoms with Crippen LogP contribution in [0.1, 0.15) is 104 Å². The molecule has 1 fully saturated rings. The lowest BCUT2D eigenvalue weighted by Crippen LogP contribution is -2.63. The number of aliphatic hydroxyl groups excluding tert-OH is 1. The lowest BCUT2D eigenvalue weighted by Gasteiger charge is -2.51. The molecule has 0 aliphatic heterocycles. The molecule has 0 heterocycles. The number of aliphatic hydroxyl groups is 1. The maximum absolute atomic E-state index is 11.6. The third kappa shape index (κ3) is 14.9. The van der Waals surface area contributed by atoms with E-state index in [2.05, 4.69) is 174 Å². The highest BCUT2D eigenvalue weighted by atomic mass is 28.4. The molecule has 0 saturated heterocycles. The molecule has 1 N–H and O–H groups in total. The second-order valence-corrected chi connectivity index (χ2v) is 31.5. The van der Waals surface area contributed by atoms with Crippen molar-refractivity contribution >= 4 is 16.6 Å². The molecule has 0 amide bonds. The molecule has 0 unspecified atom stereocenters. The first-order chi connectivity index (χ1) is 31.7. The van der Waals surface area contributed by atoms with Gasteiger partial charge < -0.3 is 32.9 Å². The van der Waals surface area contributed by atoms with Crippen LogP contribution in [-0.4, -0.2) is 64.5 Å². The van der Waals surface area contributed by atoms with Crippen LogP contribution < -0.4 is 0 Å². The molecule has 67 heavy (non-hydrogen) atoms. The van der Waals surface area contributed by atoms with Gasteiger partial charge in [0.25, 0.3) is 0 Å². The van der Waals surface area contributed by atoms with E-state index in [1.54, 1.807) is 0 Å². The molecular formula is C58H86O7Si2. The largest absolute Gasteiger partial charge is 0.409 e. The lowest BCUT2D eigenvalue weighted by molar-refractivity contribution is -0.214. The Hall–Kier alpha value is -3.23. The molecule has 2 aliphatic rings. The summed E-state index contributed by atoms with van der Waals surface area (Å²) in [6, 6.07) is 41.3. The summed E-state index contributed by atoms with van der Waals surface area (Å²) in [6.07, 6.45) is 2.32. The molecule has 4 aromatic carbocycles. The van der Waals surface area contributed by atoms with Crippen molar-refractivity contribution < 1.29 is 32.9 Å². The molecule has 368 valence electrons. The zero-order valence-corrected chi connectivity index (χ0v) is 45.5. The Kier molecular flexibility index (Phi) is 20.0. The zero-order chi connectivity index (χ0) is 49.0. The SMILES string of the molecule is CCC1=C[C@@H](O[Si](C)(C)C(C)(C)C)[C@H](OCc2ccccc2)[C@@H](OCc2ccccc2)[C@@H]1C.CC[C@@H]1[C@@H](C)[C@H](OCc2ccccc2)[C@@H](OCc2ccccc2)[C@H](O[Si](C)(C)C(C)(C)C)[C@H]1O. The van der Waals surface area contributed by atoms with Gasteiger partial charge in [0.1, 0.15) is 12.2 Å². The topological polar surface area (TPSA) is 75.6 Å². The van der Waals surface area contributed by atoms with Crippen LogP contribution in [0.5, 0.6) is 0 Å². The van der Waals surface area contributed by atoms with Crippen LogP contribution in [0.4, 0.5) is 0 Å². The standard InChI is InChI=1S/C29H44O4Si.C29H42O3Si/c1-8-24-21(2)26(31-19-22-15-11-9-12-16-22)28(32-20-23-17-13-10-14-18-23)27(25(24)30)33-34(6,7)29(3,4)5;1-8-25-19-26(32-33(6,7)29(3,4)5)28(31-21-24-17-13-10-14-18-24)27(22(25)2)30-20-23-15-11-9-12-16-23/h9-18,21,24-28,30H,8,19-20H2,1-7H3;9-19,22,26-28H,8,20-21H2,1-7H3/t21-,24-,25+,26+,27-,28-;22-,26-,27+,28+/m11/s1. The molecule has 4 aromatic rings. The molecule has 2 aliphatic carbocycles. The Morgan fingerprint density at radius 2 is 0.836 bits per heavy atom. The summed E-state index contributed by atoms with van der Waals surface area (Å²) in [5.41, 5.74) is 5.99. The van der Waals surface area contributed by atoms with E-state index in [0.29, 0.717) is 26.4 Å². The summed E-state index contributed by atoms with van der Waals surface area (Å²) < 4.78 is 40.3. The van der Waals surface area contributed by atoms with Crippen LogP contribution in [0.15, 0.2) is 133 Å². The first-order valence-electron chi connectivity index (χ1n) is 25.0. The molecule has 10 atom stereocenters. The average molecular weight is 951 g/mol. The van der Waals surface area contributed by atoms with Crippen LogP contribution in [0.25, 0.3) is 0 Å². The van der Waals surface area contributed by atoms with Gasteiger partial charge >= 0.3 is 0 Å². The summed E-state index contributed by atoms with van der Waals surface area (Å²) in [7, 11) is -4.16. The maximum Gasteiger partial charge on any atom is 0.193 e. The van der Waals surface area contributed by atoms with Crippen molar-refractivity contribution in [2.75, 3.05) is 0 Å². The van der Waals surface area contributed by atoms with Crippen molar-refractivity contribution in [3.05, 3.63) is 155 Å². The molecule has 0 bridgehead atoms. The Labute approximate surface area is 408 Å². The fraction of sp³-hybridized carbons (Fsp3) is 0.552. The van der Waals surface area contributed by atoms with Crippen LogP contribution in [0, 0.1) is 17.8 Å². The molecule has 0 aromatic heterocycles. The molecule has 1 saturated carbocycles. The average Bonchev–Trinajstić information content (AvgIpc) is 3.29. The molecular weight excluding hydrogens is 865 g/mol. The van der Waals surface area contributed by atoms with Crippen molar-refractivity contribution in [1.29, 1.82) is 0 Å². The summed E-state index contributed by atoms with van der Waals surface area (Å²) >= 11 is 0. The Morgan fingerprint density at radius 3 is 1.21 bits per heavy atom. The molecule has 9 heteroatoms. The van der Waals surface area contributed by atoms with Crippen molar-refractivity contribution in [3.63, 3.8) is 0 Å². The monoisotopic (exact) mass is 951 g/mol. The van der Waals surface area contributed by atoms with E-state index in [0.717, 1.165) is 24.0 Å². The van der Waals surface area contributed by atoms with Gasteiger partial charge in [-0.25, -0.2) is 0 Å². The lowest BCUT2D eigenvalue weighted by atomic mass is 9.72. The number of benzene rings is 4. The van der Waals surface area contributed by atoms with E-state index in [1.165, 1.54) is 16.7 Å². The fourth-order valence-corrected chi connectivity index (χ4v) is 11.4. The Morgan fingerprint density at radius 1 is 0.478 bits per heavy atom. The summed E-state index contributed by atoms with van der Waals surface area (Å²) in [4.78, 5) is 0. The Balaban J connectivity index is 0.000000251. The van der Waals surface area contributed by atoms with Gasteiger partial charge in [0.05, 0.1) is 56.9 Å². The van der Waals surface area contributed by atoms with Gasteiger partial charge in [-0.2, -0.15) is 0 Å². The quantitative estimate of drug-likeness (QED) is 0.0786. The van der Waals surface area contributed by atoms with E-state index in [9.17, 15) is 5.11 Å². The summed E-state index contributed by atoms with van der Waals surface area (Å²) in [5.74, 6) is 0.509. The van der Waals surface area contributed by atoms with E-state index in [1.807, 2.05) is 48.5 Å². The maximum atomic E-state index is 11.6. The van der Waals surface area contributed by atoms with E-state index < -0.39 is 28.8 Å². The minimum absolute atomic E-state index is 0.0296. The van der Waals surface area contributed by atoms with Crippen LogP contribution in [-0.2, 0) is 54.2 Å². The van der Waals surface area contributed by atoms with Gasteiger partial charge in [0.15, 0.2) is 16.6 Å². The Bertz CT molecular complexity index is 2050. The number of rotatable bonds is 18. The minimum Gasteiger partial charge on any atom is -0.409 e. The predicted molar refractivity (Wildman–Crippen MR) is 281 cm³/mol. The van der Waals surface area contributed by atoms with Crippen molar-refractivity contribution in [2.24, 2.45) is 17.8 Å². The predicted octanol–water partition coefficient (Wildman–Crippen LogP) is 14.1. The first-order valence-corrected chi connectivity index (χ1v) is 30.9. The zero-order valence-electron chi connectivity index (χ0n) is 43.5. The van der Waals surface area contributed by atoms with Crippen molar-refractivity contribution in [2.45, 2.75) is 187 Å². The number of ether oxygens (including phenoxy) is 4. The van der Waals surface area contributed by atoms with Crippen LogP contribution in [0.3, 0.4) is 0 Å². The van der Waals surface area contributed by atoms with Crippen LogP contribution in [0.2, 0.25) is 36.3 Å². The highest BCUT2D eigenvalue weighted by Crippen LogP contribution is 2.44. The molecule has 6 rings (SSSR count). The van der Waals surface area contributed by atoms with Gasteiger partial charge in [-0.3, -0.25) is 0 Å². The highest BCUT2D eigenvalue weighted by Gasteiger charge is 2.53. The summed E-state index contributed by atoms with van der Waals surface area (Å²) in [5, 5.41) is 11.7. The van der Waals surface area contributed by atoms with Gasteiger partial charge in [0, 0.05) is 5.92 Å². The minimum atomic E-state index is -2.16. The summed E-state index contributed by atoms with van der Waals surface area (Å²) in [6.45, 7) is 33.6. The third-order valence-electron chi connectivity index (χ3n) is 15.2. The fourth-order valence-electron chi connectivity index (χ4n) is 8.88. The molecule has 0 radical (unpaired) electrons. The molecule has 0 spiro atoms.